The third kappa shape index (κ3) is 2.18. The Morgan fingerprint density at radius 3 is 2.62 bits per heavy atom. The molecule has 1 heterocycles. The smallest absolute Gasteiger partial charge is 0.263 e. The highest BCUT2D eigenvalue weighted by molar-refractivity contribution is 7.97. The molecule has 1 aromatic heterocycles. The highest BCUT2D eigenvalue weighted by Gasteiger charge is 2.36. The maximum absolute atomic E-state index is 12.4. The van der Waals surface area contributed by atoms with Gasteiger partial charge in [-0.1, -0.05) is 0 Å². The minimum atomic E-state index is -4.31. The summed E-state index contributed by atoms with van der Waals surface area (Å²) in [5.41, 5.74) is -0.413. The molecule has 13 heavy (non-hydrogen) atoms. The molecule has 0 fully saturated rings. The molecular weight excluding hydrogens is 201 g/mol. The molecule has 0 atom stereocenters. The van der Waals surface area contributed by atoms with Gasteiger partial charge in [0.25, 0.3) is 0 Å². The Labute approximate surface area is 78.1 Å². The van der Waals surface area contributed by atoms with Gasteiger partial charge in [-0.15, -0.1) is 0 Å². The fourth-order valence-corrected chi connectivity index (χ4v) is 1.63. The van der Waals surface area contributed by atoms with Crippen molar-refractivity contribution in [3.63, 3.8) is 0 Å². The van der Waals surface area contributed by atoms with Gasteiger partial charge in [0.2, 0.25) is 0 Å². The van der Waals surface area contributed by atoms with Gasteiger partial charge in [-0.25, -0.2) is 0 Å². The van der Waals surface area contributed by atoms with E-state index < -0.39 is 11.9 Å². The third-order valence-corrected chi connectivity index (χ3v) is 2.18. The van der Waals surface area contributed by atoms with Crippen LogP contribution in [0.2, 0.25) is 0 Å². The van der Waals surface area contributed by atoms with Gasteiger partial charge < -0.3 is 0 Å². The second-order valence-corrected chi connectivity index (χ2v) is 3.44. The predicted octanol–water partition coefficient (Wildman–Crippen LogP) is 2.30. The van der Waals surface area contributed by atoms with Crippen LogP contribution in [0.3, 0.4) is 0 Å². The van der Waals surface area contributed by atoms with Gasteiger partial charge in [-0.3, -0.25) is 4.68 Å². The van der Waals surface area contributed by atoms with Gasteiger partial charge in [-0.2, -0.15) is 30.0 Å². The molecule has 0 aliphatic rings. The van der Waals surface area contributed by atoms with Crippen molar-refractivity contribution in [3.8, 4) is 0 Å². The first-order chi connectivity index (χ1) is 5.96. The van der Waals surface area contributed by atoms with Crippen molar-refractivity contribution < 1.29 is 13.2 Å². The second-order valence-electron chi connectivity index (χ2n) is 2.57. The monoisotopic (exact) mass is 210 g/mol. The lowest BCUT2D eigenvalue weighted by molar-refractivity contribution is -0.144. The molecule has 6 heteroatoms. The average Bonchev–Trinajstić information content (AvgIpc) is 2.31. The van der Waals surface area contributed by atoms with E-state index in [0.717, 1.165) is 4.68 Å². The number of aromatic nitrogens is 2. The summed E-state index contributed by atoms with van der Waals surface area (Å²) in [7, 11) is 1.30. The molecule has 0 aromatic carbocycles. The Morgan fingerprint density at radius 2 is 2.15 bits per heavy atom. The van der Waals surface area contributed by atoms with Crippen molar-refractivity contribution in [2.45, 2.75) is 11.9 Å². The van der Waals surface area contributed by atoms with Crippen LogP contribution < -0.4 is 0 Å². The van der Waals surface area contributed by atoms with E-state index in [9.17, 15) is 13.2 Å². The molecule has 1 aromatic rings. The number of hydrogen-bond donors (Lipinski definition) is 0. The van der Waals surface area contributed by atoms with Crippen LogP contribution in [0.1, 0.15) is 11.3 Å². The van der Waals surface area contributed by atoms with Crippen LogP contribution in [-0.2, 0) is 19.0 Å². The van der Waals surface area contributed by atoms with Crippen molar-refractivity contribution in [1.29, 1.82) is 0 Å². The molecule has 0 bridgehead atoms. The molecule has 0 unspecified atom stereocenters. The highest BCUT2D eigenvalue weighted by atomic mass is 32.2. The first kappa shape index (κ1) is 10.4. The number of rotatable bonds is 2. The molecule has 0 N–H and O–H groups in total. The zero-order valence-electron chi connectivity index (χ0n) is 7.22. The van der Waals surface area contributed by atoms with Crippen LogP contribution in [-0.4, -0.2) is 16.0 Å². The number of thioether (sulfide) groups is 1. The van der Waals surface area contributed by atoms with Gasteiger partial charge in [0.15, 0.2) is 0 Å². The van der Waals surface area contributed by atoms with E-state index in [1.807, 2.05) is 0 Å². The molecule has 0 saturated heterocycles. The number of alkyl halides is 3. The third-order valence-electron chi connectivity index (χ3n) is 1.58. The van der Waals surface area contributed by atoms with E-state index in [4.69, 9.17) is 0 Å². The molecule has 0 radical (unpaired) electrons. The molecule has 0 saturated carbocycles. The number of hydrogen-bond acceptors (Lipinski definition) is 2. The highest BCUT2D eigenvalue weighted by Crippen LogP contribution is 2.32. The molecule has 0 aliphatic carbocycles. The van der Waals surface area contributed by atoms with E-state index in [2.05, 4.69) is 5.10 Å². The summed E-state index contributed by atoms with van der Waals surface area (Å²) in [4.78, 5) is 0. The van der Waals surface area contributed by atoms with E-state index >= 15 is 0 Å². The molecule has 0 aliphatic heterocycles. The minimum Gasteiger partial charge on any atom is -0.263 e. The van der Waals surface area contributed by atoms with Gasteiger partial charge in [-0.05, 0) is 6.26 Å². The summed E-state index contributed by atoms with van der Waals surface area (Å²) in [6.07, 6.45) is -1.29. The number of aryl methyl sites for hydroxylation is 1. The van der Waals surface area contributed by atoms with Crippen molar-refractivity contribution in [1.82, 2.24) is 9.78 Å². The maximum Gasteiger partial charge on any atom is 0.433 e. The molecule has 74 valence electrons. The Balaban J connectivity index is 3.09. The van der Waals surface area contributed by atoms with E-state index in [-0.39, 0.29) is 5.56 Å². The SMILES string of the molecule is CSCc1cnn(C)c1C(F)(F)F. The zero-order chi connectivity index (χ0) is 10.1. The van der Waals surface area contributed by atoms with Crippen LogP contribution in [0.25, 0.3) is 0 Å². The van der Waals surface area contributed by atoms with Crippen LogP contribution in [0.4, 0.5) is 13.2 Å². The fourth-order valence-electron chi connectivity index (χ4n) is 1.11. The quantitative estimate of drug-likeness (QED) is 0.745. The first-order valence-corrected chi connectivity index (χ1v) is 4.93. The lowest BCUT2D eigenvalue weighted by Gasteiger charge is -2.08. The Hall–Kier alpha value is -0.650. The van der Waals surface area contributed by atoms with Crippen molar-refractivity contribution in [3.05, 3.63) is 17.5 Å². The Morgan fingerprint density at radius 1 is 1.54 bits per heavy atom. The molecule has 2 nitrogen and oxygen atoms in total. The standard InChI is InChI=1S/C7H9F3N2S/c1-12-6(7(8,9)10)5(3-11-12)4-13-2/h3H,4H2,1-2H3. The van der Waals surface area contributed by atoms with E-state index in [0.29, 0.717) is 5.75 Å². The van der Waals surface area contributed by atoms with Crippen molar-refractivity contribution >= 4 is 11.8 Å². The number of nitrogens with zero attached hydrogens (tertiary/aromatic N) is 2. The van der Waals surface area contributed by atoms with Crippen LogP contribution in [0.15, 0.2) is 6.20 Å². The van der Waals surface area contributed by atoms with Crippen LogP contribution >= 0.6 is 11.8 Å². The average molecular weight is 210 g/mol. The number of halogens is 3. The Bertz CT molecular complexity index is 292. The summed E-state index contributed by atoms with van der Waals surface area (Å²) >= 11 is 1.34. The fraction of sp³-hybridized carbons (Fsp3) is 0.571. The summed E-state index contributed by atoms with van der Waals surface area (Å²) in [6, 6.07) is 0. The van der Waals surface area contributed by atoms with E-state index in [1.165, 1.54) is 25.0 Å². The summed E-state index contributed by atoms with van der Waals surface area (Å²) < 4.78 is 38.1. The largest absolute Gasteiger partial charge is 0.433 e. The van der Waals surface area contributed by atoms with Gasteiger partial charge in [0, 0.05) is 18.4 Å². The topological polar surface area (TPSA) is 17.8 Å². The summed E-state index contributed by atoms with van der Waals surface area (Å²) in [5.74, 6) is 0.336. The van der Waals surface area contributed by atoms with Gasteiger partial charge in [0.05, 0.1) is 6.20 Å². The minimum absolute atomic E-state index is 0.238. The van der Waals surface area contributed by atoms with Crippen molar-refractivity contribution in [2.75, 3.05) is 6.26 Å². The predicted molar refractivity (Wildman–Crippen MR) is 45.4 cm³/mol. The maximum atomic E-state index is 12.4. The molecule has 1 rings (SSSR count). The van der Waals surface area contributed by atoms with Gasteiger partial charge >= 0.3 is 6.18 Å². The van der Waals surface area contributed by atoms with E-state index in [1.54, 1.807) is 6.26 Å². The Kier molecular flexibility index (Phi) is 2.90. The van der Waals surface area contributed by atoms with Crippen LogP contribution in [0, 0.1) is 0 Å². The lowest BCUT2D eigenvalue weighted by Crippen LogP contribution is -2.13. The first-order valence-electron chi connectivity index (χ1n) is 3.54. The van der Waals surface area contributed by atoms with Gasteiger partial charge in [0.1, 0.15) is 5.69 Å². The normalized spacial score (nSPS) is 12.1. The zero-order valence-corrected chi connectivity index (χ0v) is 8.04. The molecule has 0 amide bonds. The second kappa shape index (κ2) is 3.61. The molecule has 0 spiro atoms. The van der Waals surface area contributed by atoms with Crippen LogP contribution in [0.5, 0.6) is 0 Å². The lowest BCUT2D eigenvalue weighted by atomic mass is 10.3. The summed E-state index contributed by atoms with van der Waals surface area (Å²) in [6.45, 7) is 0. The van der Waals surface area contributed by atoms with Crippen molar-refractivity contribution in [2.24, 2.45) is 7.05 Å². The summed E-state index contributed by atoms with van der Waals surface area (Å²) in [5, 5.41) is 3.58. The molecular formula is C7H9F3N2S.